The van der Waals surface area contributed by atoms with Crippen molar-refractivity contribution in [2.24, 2.45) is 7.05 Å². The standard InChI is InChI=1S/C14H25ClN4/c1-4-7-16-9-12-6-5-8-19(12)10-13-14(15)11(2)17-18(13)3/h12,16H,4-10H2,1-3H3. The highest BCUT2D eigenvalue weighted by Crippen LogP contribution is 2.25. The minimum Gasteiger partial charge on any atom is -0.315 e. The van der Waals surface area contributed by atoms with E-state index in [0.717, 1.165) is 36.0 Å². The predicted molar refractivity (Wildman–Crippen MR) is 79.5 cm³/mol. The topological polar surface area (TPSA) is 33.1 Å². The van der Waals surface area contributed by atoms with E-state index in [4.69, 9.17) is 11.6 Å². The molecule has 108 valence electrons. The van der Waals surface area contributed by atoms with Gasteiger partial charge < -0.3 is 5.32 Å². The van der Waals surface area contributed by atoms with Crippen LogP contribution in [0.4, 0.5) is 0 Å². The molecule has 1 aromatic rings. The largest absolute Gasteiger partial charge is 0.315 e. The first-order valence-corrected chi connectivity index (χ1v) is 7.64. The zero-order chi connectivity index (χ0) is 13.8. The molecule has 1 N–H and O–H groups in total. The average Bonchev–Trinajstić information content (AvgIpc) is 2.91. The molecule has 4 nitrogen and oxygen atoms in total. The van der Waals surface area contributed by atoms with Crippen molar-refractivity contribution in [2.45, 2.75) is 45.7 Å². The van der Waals surface area contributed by atoms with Gasteiger partial charge in [0.05, 0.1) is 16.4 Å². The molecule has 1 fully saturated rings. The Balaban J connectivity index is 1.97. The summed E-state index contributed by atoms with van der Waals surface area (Å²) in [5.41, 5.74) is 2.07. The molecule has 0 radical (unpaired) electrons. The number of likely N-dealkylation sites (tertiary alicyclic amines) is 1. The van der Waals surface area contributed by atoms with E-state index >= 15 is 0 Å². The van der Waals surface area contributed by atoms with Gasteiger partial charge in [0.2, 0.25) is 0 Å². The molecule has 2 heterocycles. The minimum atomic E-state index is 0.637. The van der Waals surface area contributed by atoms with Crippen LogP contribution < -0.4 is 5.32 Å². The first-order chi connectivity index (χ1) is 9.13. The second kappa shape index (κ2) is 6.73. The maximum atomic E-state index is 6.34. The lowest BCUT2D eigenvalue weighted by Crippen LogP contribution is -2.38. The minimum absolute atomic E-state index is 0.637. The maximum Gasteiger partial charge on any atom is 0.0860 e. The van der Waals surface area contributed by atoms with Crippen molar-refractivity contribution in [3.63, 3.8) is 0 Å². The Hall–Kier alpha value is -0.580. The van der Waals surface area contributed by atoms with E-state index in [2.05, 4.69) is 22.2 Å². The highest BCUT2D eigenvalue weighted by molar-refractivity contribution is 6.31. The third kappa shape index (κ3) is 3.50. The summed E-state index contributed by atoms with van der Waals surface area (Å²) in [6.07, 6.45) is 3.76. The summed E-state index contributed by atoms with van der Waals surface area (Å²) in [5.74, 6) is 0. The molecule has 1 unspecified atom stereocenters. The Morgan fingerprint density at radius 2 is 2.26 bits per heavy atom. The van der Waals surface area contributed by atoms with E-state index in [0.29, 0.717) is 6.04 Å². The number of halogens is 1. The van der Waals surface area contributed by atoms with Crippen molar-refractivity contribution in [2.75, 3.05) is 19.6 Å². The van der Waals surface area contributed by atoms with Gasteiger partial charge in [-0.1, -0.05) is 18.5 Å². The van der Waals surface area contributed by atoms with Gasteiger partial charge >= 0.3 is 0 Å². The fourth-order valence-corrected chi connectivity index (χ4v) is 3.04. The number of nitrogens with one attached hydrogen (secondary N) is 1. The van der Waals surface area contributed by atoms with Crippen LogP contribution in [0, 0.1) is 6.92 Å². The molecule has 0 aromatic carbocycles. The smallest absolute Gasteiger partial charge is 0.0860 e. The monoisotopic (exact) mass is 284 g/mol. The first-order valence-electron chi connectivity index (χ1n) is 7.26. The molecule has 19 heavy (non-hydrogen) atoms. The van der Waals surface area contributed by atoms with Crippen LogP contribution >= 0.6 is 11.6 Å². The maximum absolute atomic E-state index is 6.34. The van der Waals surface area contributed by atoms with Crippen LogP contribution in [0.3, 0.4) is 0 Å². The predicted octanol–water partition coefficient (Wildman–Crippen LogP) is 2.35. The second-order valence-electron chi connectivity index (χ2n) is 5.44. The number of hydrogen-bond acceptors (Lipinski definition) is 3. The van der Waals surface area contributed by atoms with Crippen LogP contribution in [-0.4, -0.2) is 40.4 Å². The molecule has 0 spiro atoms. The van der Waals surface area contributed by atoms with E-state index in [1.807, 2.05) is 18.7 Å². The van der Waals surface area contributed by atoms with E-state index in [1.54, 1.807) is 0 Å². The van der Waals surface area contributed by atoms with Gasteiger partial charge in [-0.3, -0.25) is 9.58 Å². The molecule has 0 aliphatic carbocycles. The normalized spacial score (nSPS) is 20.3. The summed E-state index contributed by atoms with van der Waals surface area (Å²) in [5, 5.41) is 8.75. The summed E-state index contributed by atoms with van der Waals surface area (Å²) >= 11 is 6.34. The van der Waals surface area contributed by atoms with Crippen LogP contribution in [0.5, 0.6) is 0 Å². The molecule has 5 heteroatoms. The second-order valence-corrected chi connectivity index (χ2v) is 5.82. The lowest BCUT2D eigenvalue weighted by atomic mass is 10.2. The molecule has 0 bridgehead atoms. The Labute approximate surface area is 121 Å². The molecule has 1 aliphatic heterocycles. The Morgan fingerprint density at radius 1 is 1.47 bits per heavy atom. The van der Waals surface area contributed by atoms with Crippen LogP contribution in [0.15, 0.2) is 0 Å². The van der Waals surface area contributed by atoms with Gasteiger partial charge in [-0.05, 0) is 39.3 Å². The third-order valence-electron chi connectivity index (χ3n) is 3.92. The fraction of sp³-hybridized carbons (Fsp3) is 0.786. The van der Waals surface area contributed by atoms with Crippen LogP contribution in [0.2, 0.25) is 5.02 Å². The van der Waals surface area contributed by atoms with Crippen molar-refractivity contribution in [1.29, 1.82) is 0 Å². The molecule has 0 amide bonds. The lowest BCUT2D eigenvalue weighted by Gasteiger charge is -2.24. The quantitative estimate of drug-likeness (QED) is 0.814. The van der Waals surface area contributed by atoms with Gasteiger partial charge in [0.15, 0.2) is 0 Å². The number of aromatic nitrogens is 2. The summed E-state index contributed by atoms with van der Waals surface area (Å²) < 4.78 is 1.92. The SMILES string of the molecule is CCCNCC1CCCN1Cc1c(Cl)c(C)nn1C. The highest BCUT2D eigenvalue weighted by atomic mass is 35.5. The van der Waals surface area contributed by atoms with Crippen molar-refractivity contribution in [1.82, 2.24) is 20.0 Å². The molecule has 1 aliphatic rings. The molecule has 0 saturated carbocycles. The van der Waals surface area contributed by atoms with E-state index in [1.165, 1.54) is 25.8 Å². The van der Waals surface area contributed by atoms with Crippen molar-refractivity contribution in [3.8, 4) is 0 Å². The Bertz CT molecular complexity index is 416. The summed E-state index contributed by atoms with van der Waals surface area (Å²) in [6.45, 7) is 8.44. The Morgan fingerprint density at radius 3 is 2.89 bits per heavy atom. The van der Waals surface area contributed by atoms with Gasteiger partial charge in [0.25, 0.3) is 0 Å². The van der Waals surface area contributed by atoms with E-state index < -0.39 is 0 Å². The highest BCUT2D eigenvalue weighted by Gasteiger charge is 2.26. The molecule has 1 atom stereocenters. The van der Waals surface area contributed by atoms with Gasteiger partial charge in [-0.15, -0.1) is 0 Å². The molecular formula is C14H25ClN4. The third-order valence-corrected chi connectivity index (χ3v) is 4.41. The van der Waals surface area contributed by atoms with Crippen LogP contribution in [-0.2, 0) is 13.6 Å². The van der Waals surface area contributed by atoms with Crippen molar-refractivity contribution < 1.29 is 0 Å². The van der Waals surface area contributed by atoms with E-state index in [9.17, 15) is 0 Å². The summed E-state index contributed by atoms with van der Waals surface area (Å²) in [4.78, 5) is 2.53. The first kappa shape index (κ1) is 14.8. The lowest BCUT2D eigenvalue weighted by molar-refractivity contribution is 0.233. The molecule has 1 saturated heterocycles. The molecular weight excluding hydrogens is 260 g/mol. The number of aryl methyl sites for hydroxylation is 2. The summed E-state index contributed by atoms with van der Waals surface area (Å²) in [7, 11) is 1.98. The van der Waals surface area contributed by atoms with Gasteiger partial charge in [0.1, 0.15) is 0 Å². The van der Waals surface area contributed by atoms with Gasteiger partial charge in [-0.2, -0.15) is 5.10 Å². The average molecular weight is 285 g/mol. The molecule has 2 rings (SSSR count). The summed E-state index contributed by atoms with van der Waals surface area (Å²) in [6, 6.07) is 0.637. The number of hydrogen-bond donors (Lipinski definition) is 1. The van der Waals surface area contributed by atoms with Crippen LogP contribution in [0.25, 0.3) is 0 Å². The van der Waals surface area contributed by atoms with Crippen molar-refractivity contribution in [3.05, 3.63) is 16.4 Å². The molecule has 1 aromatic heterocycles. The zero-order valence-corrected chi connectivity index (χ0v) is 13.0. The van der Waals surface area contributed by atoms with E-state index in [-0.39, 0.29) is 0 Å². The fourth-order valence-electron chi connectivity index (χ4n) is 2.82. The number of nitrogens with zero attached hydrogens (tertiary/aromatic N) is 3. The van der Waals surface area contributed by atoms with Gasteiger partial charge in [-0.25, -0.2) is 0 Å². The zero-order valence-electron chi connectivity index (χ0n) is 12.2. The Kier molecular flexibility index (Phi) is 5.25. The van der Waals surface area contributed by atoms with Crippen LogP contribution in [0.1, 0.15) is 37.6 Å². The van der Waals surface area contributed by atoms with Gasteiger partial charge in [0, 0.05) is 26.2 Å². The van der Waals surface area contributed by atoms with Crippen molar-refractivity contribution >= 4 is 11.6 Å². The number of rotatable bonds is 6.